The van der Waals surface area contributed by atoms with Gasteiger partial charge in [0.15, 0.2) is 17.0 Å². The van der Waals surface area contributed by atoms with Crippen LogP contribution in [-0.2, 0) is 16.9 Å². The van der Waals surface area contributed by atoms with Crippen LogP contribution in [0.1, 0.15) is 47.9 Å². The van der Waals surface area contributed by atoms with Gasteiger partial charge in [0.05, 0.1) is 24.2 Å². The minimum Gasteiger partial charge on any atom is -0.490 e. The number of nitrogens with zero attached hydrogens (tertiary/aromatic N) is 3. The number of ether oxygens (including phenoxy) is 2. The van der Waals surface area contributed by atoms with E-state index in [1.807, 2.05) is 49.4 Å². The average molecular weight is 525 g/mol. The Morgan fingerprint density at radius 1 is 1.13 bits per heavy atom. The van der Waals surface area contributed by atoms with Gasteiger partial charge in [-0.25, -0.2) is 0 Å². The molecule has 0 radical (unpaired) electrons. The van der Waals surface area contributed by atoms with Gasteiger partial charge in [-0.3, -0.25) is 19.8 Å². The van der Waals surface area contributed by atoms with Gasteiger partial charge >= 0.3 is 0 Å². The Hall–Kier alpha value is -4.42. The van der Waals surface area contributed by atoms with Crippen LogP contribution >= 0.6 is 0 Å². The molecule has 1 amide bonds. The largest absolute Gasteiger partial charge is 0.490 e. The van der Waals surface area contributed by atoms with E-state index in [0.29, 0.717) is 41.5 Å². The number of amides is 1. The topological polar surface area (TPSA) is 118 Å². The molecule has 6 rings (SSSR count). The Labute approximate surface area is 226 Å². The monoisotopic (exact) mass is 524 g/mol. The normalized spacial score (nSPS) is 25.1. The van der Waals surface area contributed by atoms with E-state index >= 15 is 0 Å². The molecular formula is C30H28N4O5. The predicted octanol–water partition coefficient (Wildman–Crippen LogP) is 4.59. The van der Waals surface area contributed by atoms with Crippen LogP contribution in [0.25, 0.3) is 0 Å². The number of anilines is 1. The summed E-state index contributed by atoms with van der Waals surface area (Å²) in [6.45, 7) is 3.04. The maximum absolute atomic E-state index is 13.7. The van der Waals surface area contributed by atoms with Crippen LogP contribution in [0.5, 0.6) is 11.5 Å². The van der Waals surface area contributed by atoms with Gasteiger partial charge in [0, 0.05) is 34.3 Å². The highest BCUT2D eigenvalue weighted by molar-refractivity contribution is 6.07. The standard InChI is InChI=1S/C30H28N4O5/c1-2-38-26-16-19(13-14-25(26)39-18-21-9-4-3-8-20(21)17-31)27-24-12-7-15-33(24)30(28(27)34(36)37)22-10-5-6-11-23(22)32-29(30)35/h3-6,8-11,13-14,16,24,27-28H,2,7,12,15,18H2,1H3,(H,32,35)/t24-,27+,28+,30+/m0/s1. The minimum atomic E-state index is -1.37. The van der Waals surface area contributed by atoms with E-state index in [-0.39, 0.29) is 23.5 Å². The highest BCUT2D eigenvalue weighted by Gasteiger charge is 2.73. The second-order valence-electron chi connectivity index (χ2n) is 10.1. The molecule has 0 aromatic heterocycles. The lowest BCUT2D eigenvalue weighted by Crippen LogP contribution is -2.55. The number of carbonyl (C=O) groups is 1. The number of nitro groups is 1. The number of benzene rings is 3. The quantitative estimate of drug-likeness (QED) is 0.355. The summed E-state index contributed by atoms with van der Waals surface area (Å²) in [6.07, 6.45) is 1.62. The van der Waals surface area contributed by atoms with Gasteiger partial charge in [-0.15, -0.1) is 0 Å². The number of hydrogen-bond acceptors (Lipinski definition) is 7. The van der Waals surface area contributed by atoms with Gasteiger partial charge in [0.1, 0.15) is 6.61 Å². The Balaban J connectivity index is 1.41. The number of para-hydroxylation sites is 1. The molecular weight excluding hydrogens is 496 g/mol. The summed E-state index contributed by atoms with van der Waals surface area (Å²) >= 11 is 0. The van der Waals surface area contributed by atoms with Crippen LogP contribution in [0, 0.1) is 21.4 Å². The molecule has 1 N–H and O–H groups in total. The number of hydrogen-bond donors (Lipinski definition) is 1. The summed E-state index contributed by atoms with van der Waals surface area (Å²) in [5.74, 6) is 0.118. The third-order valence-electron chi connectivity index (χ3n) is 8.27. The maximum atomic E-state index is 13.7. The summed E-state index contributed by atoms with van der Waals surface area (Å²) < 4.78 is 12.0. The van der Waals surface area contributed by atoms with E-state index in [1.165, 1.54) is 0 Å². The van der Waals surface area contributed by atoms with Crippen molar-refractivity contribution in [3.05, 3.63) is 99.1 Å². The van der Waals surface area contributed by atoms with Crippen molar-refractivity contribution in [2.75, 3.05) is 18.5 Å². The molecule has 0 aliphatic carbocycles. The zero-order valence-corrected chi connectivity index (χ0v) is 21.5. The van der Waals surface area contributed by atoms with Crippen molar-refractivity contribution in [3.8, 4) is 17.6 Å². The van der Waals surface area contributed by atoms with E-state index in [4.69, 9.17) is 9.47 Å². The summed E-state index contributed by atoms with van der Waals surface area (Å²) in [4.78, 5) is 28.3. The Kier molecular flexibility index (Phi) is 6.20. The van der Waals surface area contributed by atoms with Crippen LogP contribution in [-0.4, -0.2) is 41.0 Å². The molecule has 9 heteroatoms. The SMILES string of the molecule is CCOc1cc([C@@H]2[C@@H]3CCCN3[C@@]3(C(=O)Nc4ccccc43)[C@@H]2[N+](=O)[O-])ccc1OCc1ccccc1C#N. The number of carbonyl (C=O) groups excluding carboxylic acids is 1. The highest BCUT2D eigenvalue weighted by atomic mass is 16.6. The molecule has 9 nitrogen and oxygen atoms in total. The molecule has 1 spiro atoms. The van der Waals surface area contributed by atoms with Crippen LogP contribution in [0.3, 0.4) is 0 Å². The van der Waals surface area contributed by atoms with E-state index in [0.717, 1.165) is 24.0 Å². The van der Waals surface area contributed by atoms with E-state index in [9.17, 15) is 20.2 Å². The molecule has 3 aromatic rings. The number of nitriles is 1. The van der Waals surface area contributed by atoms with Gasteiger partial charge in [0.25, 0.3) is 11.9 Å². The number of fused-ring (bicyclic) bond motifs is 4. The lowest BCUT2D eigenvalue weighted by molar-refractivity contribution is -0.534. The van der Waals surface area contributed by atoms with Crippen LogP contribution in [0.15, 0.2) is 66.7 Å². The Morgan fingerprint density at radius 2 is 1.92 bits per heavy atom. The molecule has 2 saturated heterocycles. The molecule has 39 heavy (non-hydrogen) atoms. The van der Waals surface area contributed by atoms with Gasteiger partial charge in [-0.2, -0.15) is 5.26 Å². The Bertz CT molecular complexity index is 1500. The fourth-order valence-corrected chi connectivity index (χ4v) is 6.81. The fourth-order valence-electron chi connectivity index (χ4n) is 6.81. The predicted molar refractivity (Wildman–Crippen MR) is 143 cm³/mol. The van der Waals surface area contributed by atoms with Crippen LogP contribution in [0.2, 0.25) is 0 Å². The molecule has 198 valence electrons. The first-order valence-corrected chi connectivity index (χ1v) is 13.2. The molecule has 3 heterocycles. The zero-order valence-electron chi connectivity index (χ0n) is 21.5. The summed E-state index contributed by atoms with van der Waals surface area (Å²) in [5.41, 5.74) is 1.98. The van der Waals surface area contributed by atoms with Gasteiger partial charge in [-0.05, 0) is 49.6 Å². The summed E-state index contributed by atoms with van der Waals surface area (Å²) in [6, 6.07) is 20.8. The van der Waals surface area contributed by atoms with Gasteiger partial charge in [0.2, 0.25) is 0 Å². The molecule has 3 aliphatic rings. The summed E-state index contributed by atoms with van der Waals surface area (Å²) in [7, 11) is 0. The highest BCUT2D eigenvalue weighted by Crippen LogP contribution is 2.58. The van der Waals surface area contributed by atoms with Crippen molar-refractivity contribution < 1.29 is 19.2 Å². The third kappa shape index (κ3) is 3.74. The van der Waals surface area contributed by atoms with Gasteiger partial charge < -0.3 is 14.8 Å². The molecule has 3 aromatic carbocycles. The number of rotatable bonds is 7. The number of nitrogens with one attached hydrogen (secondary N) is 1. The van der Waals surface area contributed by atoms with Crippen molar-refractivity contribution in [2.45, 2.75) is 49.9 Å². The van der Waals surface area contributed by atoms with Crippen LogP contribution in [0.4, 0.5) is 5.69 Å². The molecule has 2 fully saturated rings. The molecule has 0 bridgehead atoms. The molecule has 3 aliphatic heterocycles. The first-order valence-electron chi connectivity index (χ1n) is 13.2. The molecule has 0 unspecified atom stereocenters. The first kappa shape index (κ1) is 24.9. The first-order chi connectivity index (χ1) is 19.0. The second kappa shape index (κ2) is 9.71. The lowest BCUT2D eigenvalue weighted by atomic mass is 9.77. The van der Waals surface area contributed by atoms with Crippen molar-refractivity contribution in [3.63, 3.8) is 0 Å². The zero-order chi connectivity index (χ0) is 27.1. The van der Waals surface area contributed by atoms with Crippen molar-refractivity contribution in [1.82, 2.24) is 4.90 Å². The third-order valence-corrected chi connectivity index (χ3v) is 8.27. The van der Waals surface area contributed by atoms with Crippen molar-refractivity contribution in [2.24, 2.45) is 0 Å². The lowest BCUT2D eigenvalue weighted by Gasteiger charge is -2.32. The van der Waals surface area contributed by atoms with Crippen molar-refractivity contribution >= 4 is 11.6 Å². The van der Waals surface area contributed by atoms with E-state index < -0.39 is 17.5 Å². The fraction of sp³-hybridized carbons (Fsp3) is 0.333. The Morgan fingerprint density at radius 3 is 2.72 bits per heavy atom. The molecule has 0 saturated carbocycles. The second-order valence-corrected chi connectivity index (χ2v) is 10.1. The van der Waals surface area contributed by atoms with E-state index in [1.54, 1.807) is 24.3 Å². The van der Waals surface area contributed by atoms with Crippen molar-refractivity contribution in [1.29, 1.82) is 5.26 Å². The maximum Gasteiger partial charge on any atom is 0.256 e. The summed E-state index contributed by atoms with van der Waals surface area (Å²) in [5, 5.41) is 25.2. The average Bonchev–Trinajstić information content (AvgIpc) is 3.61. The minimum absolute atomic E-state index is 0.166. The van der Waals surface area contributed by atoms with Crippen LogP contribution < -0.4 is 14.8 Å². The van der Waals surface area contributed by atoms with E-state index in [2.05, 4.69) is 16.3 Å². The smallest absolute Gasteiger partial charge is 0.256 e. The molecule has 4 atom stereocenters. The van der Waals surface area contributed by atoms with Gasteiger partial charge in [-0.1, -0.05) is 42.5 Å².